The minimum absolute atomic E-state index is 0.170. The number of rotatable bonds is 11. The third kappa shape index (κ3) is 6.96. The number of nitrogens with one attached hydrogen (secondary N) is 1. The largest absolute Gasteiger partial charge is 0.491 e. The SMILES string of the molecule is CCOC(=O)c1ccc(OC[C@H](O)CNC[C@H](c2ccccc2)N(C)C)cc1. The van der Waals surface area contributed by atoms with Crippen LogP contribution in [0.4, 0.5) is 0 Å². The zero-order valence-electron chi connectivity index (χ0n) is 16.8. The highest BCUT2D eigenvalue weighted by Crippen LogP contribution is 2.17. The van der Waals surface area contributed by atoms with Crippen molar-refractivity contribution in [3.05, 3.63) is 65.7 Å². The lowest BCUT2D eigenvalue weighted by atomic mass is 10.1. The Morgan fingerprint density at radius 1 is 1.07 bits per heavy atom. The first kappa shape index (κ1) is 21.9. The molecule has 2 N–H and O–H groups in total. The molecular weight excluding hydrogens is 356 g/mol. The maximum Gasteiger partial charge on any atom is 0.338 e. The molecule has 2 aromatic carbocycles. The Balaban J connectivity index is 1.75. The highest BCUT2D eigenvalue weighted by Gasteiger charge is 2.14. The zero-order valence-corrected chi connectivity index (χ0v) is 16.8. The molecule has 28 heavy (non-hydrogen) atoms. The molecule has 6 heteroatoms. The van der Waals surface area contributed by atoms with E-state index in [1.165, 1.54) is 5.56 Å². The van der Waals surface area contributed by atoms with E-state index in [4.69, 9.17) is 9.47 Å². The van der Waals surface area contributed by atoms with Gasteiger partial charge in [-0.25, -0.2) is 4.79 Å². The Morgan fingerprint density at radius 2 is 1.75 bits per heavy atom. The van der Waals surface area contributed by atoms with Gasteiger partial charge in [-0.15, -0.1) is 0 Å². The van der Waals surface area contributed by atoms with Crippen LogP contribution in [0.1, 0.15) is 28.9 Å². The van der Waals surface area contributed by atoms with Crippen LogP contribution in [0.2, 0.25) is 0 Å². The number of aliphatic hydroxyl groups is 1. The number of esters is 1. The van der Waals surface area contributed by atoms with Crippen molar-refractivity contribution in [2.24, 2.45) is 0 Å². The summed E-state index contributed by atoms with van der Waals surface area (Å²) in [6, 6.07) is 17.2. The van der Waals surface area contributed by atoms with Gasteiger partial charge in [-0.3, -0.25) is 0 Å². The molecule has 0 bridgehead atoms. The summed E-state index contributed by atoms with van der Waals surface area (Å²) >= 11 is 0. The zero-order chi connectivity index (χ0) is 20.4. The van der Waals surface area contributed by atoms with Crippen molar-refractivity contribution in [2.45, 2.75) is 19.1 Å². The quantitative estimate of drug-likeness (QED) is 0.578. The topological polar surface area (TPSA) is 71.0 Å². The van der Waals surface area contributed by atoms with Gasteiger partial charge in [0.25, 0.3) is 0 Å². The van der Waals surface area contributed by atoms with Gasteiger partial charge in [0.2, 0.25) is 0 Å². The summed E-state index contributed by atoms with van der Waals surface area (Å²) in [5.74, 6) is 0.245. The molecule has 6 nitrogen and oxygen atoms in total. The van der Waals surface area contributed by atoms with Gasteiger partial charge in [0.1, 0.15) is 18.5 Å². The van der Waals surface area contributed by atoms with Crippen molar-refractivity contribution in [1.82, 2.24) is 10.2 Å². The average Bonchev–Trinajstić information content (AvgIpc) is 2.70. The first-order valence-electron chi connectivity index (χ1n) is 9.51. The molecular formula is C22H30N2O4. The molecule has 2 aromatic rings. The Bertz CT molecular complexity index is 704. The van der Waals surface area contributed by atoms with Crippen LogP contribution >= 0.6 is 0 Å². The molecule has 2 atom stereocenters. The summed E-state index contributed by atoms with van der Waals surface area (Å²) in [6.45, 7) is 3.44. The van der Waals surface area contributed by atoms with Crippen LogP contribution in [0.15, 0.2) is 54.6 Å². The lowest BCUT2D eigenvalue weighted by Crippen LogP contribution is -2.37. The van der Waals surface area contributed by atoms with E-state index in [0.29, 0.717) is 24.5 Å². The van der Waals surface area contributed by atoms with Crippen LogP contribution in [-0.4, -0.2) is 62.5 Å². The average molecular weight is 386 g/mol. The minimum Gasteiger partial charge on any atom is -0.491 e. The second kappa shape index (κ2) is 11.4. The van der Waals surface area contributed by atoms with E-state index in [1.807, 2.05) is 32.3 Å². The van der Waals surface area contributed by atoms with E-state index in [0.717, 1.165) is 6.54 Å². The lowest BCUT2D eigenvalue weighted by molar-refractivity contribution is 0.0526. The second-order valence-electron chi connectivity index (χ2n) is 6.76. The monoisotopic (exact) mass is 386 g/mol. The Kier molecular flexibility index (Phi) is 8.94. The Hall–Kier alpha value is -2.41. The molecule has 0 amide bonds. The van der Waals surface area contributed by atoms with Gasteiger partial charge in [-0.2, -0.15) is 0 Å². The third-order valence-corrected chi connectivity index (χ3v) is 4.33. The fourth-order valence-corrected chi connectivity index (χ4v) is 2.81. The smallest absolute Gasteiger partial charge is 0.338 e. The molecule has 0 aliphatic heterocycles. The van der Waals surface area contributed by atoms with Crippen molar-refractivity contribution in [3.63, 3.8) is 0 Å². The second-order valence-corrected chi connectivity index (χ2v) is 6.76. The molecule has 0 saturated heterocycles. The van der Waals surface area contributed by atoms with Gasteiger partial charge >= 0.3 is 5.97 Å². The number of ether oxygens (including phenoxy) is 2. The normalized spacial score (nSPS) is 13.2. The minimum atomic E-state index is -0.636. The van der Waals surface area contributed by atoms with E-state index in [1.54, 1.807) is 31.2 Å². The van der Waals surface area contributed by atoms with Gasteiger partial charge in [0.05, 0.1) is 12.2 Å². The van der Waals surface area contributed by atoms with Crippen molar-refractivity contribution >= 4 is 5.97 Å². The Morgan fingerprint density at radius 3 is 2.36 bits per heavy atom. The summed E-state index contributed by atoms with van der Waals surface area (Å²) in [5.41, 5.74) is 1.71. The number of likely N-dealkylation sites (N-methyl/N-ethyl adjacent to an activating group) is 1. The molecule has 2 rings (SSSR count). The molecule has 0 aromatic heterocycles. The number of carbonyl (C=O) groups is 1. The number of hydrogen-bond donors (Lipinski definition) is 2. The van der Waals surface area contributed by atoms with Crippen molar-refractivity contribution < 1.29 is 19.4 Å². The molecule has 0 aliphatic carbocycles. The van der Waals surface area contributed by atoms with Crippen LogP contribution < -0.4 is 10.1 Å². The summed E-state index contributed by atoms with van der Waals surface area (Å²) in [7, 11) is 4.08. The highest BCUT2D eigenvalue weighted by atomic mass is 16.5. The summed E-state index contributed by atoms with van der Waals surface area (Å²) in [6.07, 6.45) is -0.636. The predicted octanol–water partition coefficient (Wildman–Crippen LogP) is 2.50. The molecule has 0 spiro atoms. The van der Waals surface area contributed by atoms with Crippen LogP contribution in [0, 0.1) is 0 Å². The first-order chi connectivity index (χ1) is 13.5. The maximum atomic E-state index is 11.6. The van der Waals surface area contributed by atoms with E-state index >= 15 is 0 Å². The molecule has 0 fully saturated rings. The van der Waals surface area contributed by atoms with Crippen molar-refractivity contribution in [3.8, 4) is 5.75 Å². The van der Waals surface area contributed by atoms with Crippen LogP contribution in [0.25, 0.3) is 0 Å². The molecule has 0 unspecified atom stereocenters. The number of nitrogens with zero attached hydrogens (tertiary/aromatic N) is 1. The molecule has 0 aliphatic rings. The number of aliphatic hydroxyl groups excluding tert-OH is 1. The summed E-state index contributed by atoms with van der Waals surface area (Å²) < 4.78 is 10.5. The van der Waals surface area contributed by atoms with E-state index in [-0.39, 0.29) is 18.6 Å². The number of hydrogen-bond acceptors (Lipinski definition) is 6. The highest BCUT2D eigenvalue weighted by molar-refractivity contribution is 5.89. The predicted molar refractivity (Wildman–Crippen MR) is 110 cm³/mol. The standard InChI is InChI=1S/C22H30N2O4/c1-4-27-22(26)18-10-12-20(13-11-18)28-16-19(25)14-23-15-21(24(2)3)17-8-6-5-7-9-17/h5-13,19,21,23,25H,4,14-16H2,1-3H3/t19-,21-/m1/s1. The van der Waals surface area contributed by atoms with Gasteiger partial charge in [0.15, 0.2) is 0 Å². The summed E-state index contributed by atoms with van der Waals surface area (Å²) in [4.78, 5) is 13.8. The fraction of sp³-hybridized carbons (Fsp3) is 0.409. The third-order valence-electron chi connectivity index (χ3n) is 4.33. The molecule has 0 radical (unpaired) electrons. The molecule has 152 valence electrons. The van der Waals surface area contributed by atoms with Crippen LogP contribution in [-0.2, 0) is 4.74 Å². The van der Waals surface area contributed by atoms with Gasteiger partial charge < -0.3 is 24.8 Å². The van der Waals surface area contributed by atoms with Crippen LogP contribution in [0.3, 0.4) is 0 Å². The van der Waals surface area contributed by atoms with Gasteiger partial charge in [-0.05, 0) is 50.8 Å². The van der Waals surface area contributed by atoms with Gasteiger partial charge in [0, 0.05) is 19.1 Å². The molecule has 0 saturated carbocycles. The van der Waals surface area contributed by atoms with E-state index < -0.39 is 6.10 Å². The van der Waals surface area contributed by atoms with Crippen molar-refractivity contribution in [1.29, 1.82) is 0 Å². The lowest BCUT2D eigenvalue weighted by Gasteiger charge is -2.25. The first-order valence-corrected chi connectivity index (χ1v) is 9.51. The van der Waals surface area contributed by atoms with E-state index in [9.17, 15) is 9.90 Å². The van der Waals surface area contributed by atoms with Gasteiger partial charge in [-0.1, -0.05) is 30.3 Å². The van der Waals surface area contributed by atoms with Crippen molar-refractivity contribution in [2.75, 3.05) is 40.4 Å². The number of carbonyl (C=O) groups excluding carboxylic acids is 1. The van der Waals surface area contributed by atoms with Crippen LogP contribution in [0.5, 0.6) is 5.75 Å². The summed E-state index contributed by atoms with van der Waals surface area (Å²) in [5, 5.41) is 13.5. The Labute approximate surface area is 167 Å². The maximum absolute atomic E-state index is 11.6. The fourth-order valence-electron chi connectivity index (χ4n) is 2.81. The van der Waals surface area contributed by atoms with E-state index in [2.05, 4.69) is 22.3 Å². The number of benzene rings is 2. The molecule has 0 heterocycles.